The van der Waals surface area contributed by atoms with E-state index in [1.54, 1.807) is 42.5 Å². The first-order valence-corrected chi connectivity index (χ1v) is 10.1. The topological polar surface area (TPSA) is 88.0 Å². The highest BCUT2D eigenvalue weighted by Crippen LogP contribution is 2.32. The van der Waals surface area contributed by atoms with Crippen molar-refractivity contribution in [1.29, 1.82) is 0 Å². The zero-order valence-electron chi connectivity index (χ0n) is 13.9. The van der Waals surface area contributed by atoms with Gasteiger partial charge in [0.25, 0.3) is 5.91 Å². The van der Waals surface area contributed by atoms with Crippen molar-refractivity contribution in [3.05, 3.63) is 61.4 Å². The molecule has 0 aromatic heterocycles. The van der Waals surface area contributed by atoms with Crippen LogP contribution < -0.4 is 10.1 Å². The summed E-state index contributed by atoms with van der Waals surface area (Å²) in [6, 6.07) is 10.0. The fourth-order valence-corrected chi connectivity index (χ4v) is 3.67. The average molecular weight is 502 g/mol. The smallest absolute Gasteiger partial charge is 0.341 e. The first kappa shape index (κ1) is 20.7. The normalized spacial score (nSPS) is 16.5. The molecule has 2 aromatic rings. The standard InChI is InChI=1S/C18H11BrCl2N2O4S/c19-11-3-2-10(7-12(11)20)22-18-23-17(26)15(28-18)6-9-1-4-14(13(21)5-9)27-8-16(24)25/h1-7H,8H2,(H,24,25)(H,22,23,26)/b15-6-. The van der Waals surface area contributed by atoms with Gasteiger partial charge in [0.2, 0.25) is 0 Å². The van der Waals surface area contributed by atoms with Gasteiger partial charge in [0.05, 0.1) is 20.6 Å². The van der Waals surface area contributed by atoms with Crippen molar-refractivity contribution < 1.29 is 19.4 Å². The van der Waals surface area contributed by atoms with E-state index in [0.717, 1.165) is 4.47 Å². The molecular formula is C18H11BrCl2N2O4S. The molecule has 6 nitrogen and oxygen atoms in total. The Morgan fingerprint density at radius 1 is 1.25 bits per heavy atom. The van der Waals surface area contributed by atoms with Crippen LogP contribution in [0.5, 0.6) is 5.75 Å². The van der Waals surface area contributed by atoms with Crippen LogP contribution in [0.3, 0.4) is 0 Å². The fourth-order valence-electron chi connectivity index (χ4n) is 2.17. The largest absolute Gasteiger partial charge is 0.480 e. The maximum absolute atomic E-state index is 12.2. The van der Waals surface area contributed by atoms with E-state index >= 15 is 0 Å². The molecule has 3 rings (SSSR count). The number of aliphatic carboxylic acids is 1. The number of nitrogens with zero attached hydrogens (tertiary/aromatic N) is 1. The number of halogens is 3. The summed E-state index contributed by atoms with van der Waals surface area (Å²) in [5.41, 5.74) is 1.28. The molecule has 1 heterocycles. The number of carboxylic acid groups (broad SMARTS) is 1. The van der Waals surface area contributed by atoms with Crippen molar-refractivity contribution in [2.24, 2.45) is 4.99 Å². The van der Waals surface area contributed by atoms with Gasteiger partial charge in [-0.05, 0) is 69.7 Å². The van der Waals surface area contributed by atoms with Crippen LogP contribution in [0.15, 0.2) is 50.8 Å². The summed E-state index contributed by atoms with van der Waals surface area (Å²) >= 11 is 16.7. The number of ether oxygens (including phenoxy) is 1. The number of thioether (sulfide) groups is 1. The Morgan fingerprint density at radius 2 is 2.04 bits per heavy atom. The Labute approximate surface area is 182 Å². The van der Waals surface area contributed by atoms with Gasteiger partial charge in [0, 0.05) is 4.47 Å². The van der Waals surface area contributed by atoms with Crippen LogP contribution in [-0.4, -0.2) is 28.8 Å². The lowest BCUT2D eigenvalue weighted by atomic mass is 10.2. The van der Waals surface area contributed by atoms with Crippen molar-refractivity contribution in [2.45, 2.75) is 0 Å². The molecule has 1 fully saturated rings. The van der Waals surface area contributed by atoms with E-state index in [4.69, 9.17) is 33.0 Å². The summed E-state index contributed by atoms with van der Waals surface area (Å²) in [6.07, 6.45) is 1.66. The predicted octanol–water partition coefficient (Wildman–Crippen LogP) is 5.11. The third-order valence-electron chi connectivity index (χ3n) is 3.39. The second-order valence-electron chi connectivity index (χ2n) is 5.45. The van der Waals surface area contributed by atoms with Crippen LogP contribution >= 0.6 is 50.9 Å². The predicted molar refractivity (Wildman–Crippen MR) is 115 cm³/mol. The number of rotatable bonds is 5. The number of amidine groups is 1. The molecule has 0 unspecified atom stereocenters. The van der Waals surface area contributed by atoms with E-state index in [2.05, 4.69) is 26.2 Å². The number of carbonyl (C=O) groups excluding carboxylic acids is 1. The molecule has 2 N–H and O–H groups in total. The van der Waals surface area contributed by atoms with Crippen molar-refractivity contribution in [3.63, 3.8) is 0 Å². The van der Waals surface area contributed by atoms with Gasteiger partial charge in [-0.2, -0.15) is 0 Å². The second-order valence-corrected chi connectivity index (χ2v) is 8.15. The van der Waals surface area contributed by atoms with E-state index in [-0.39, 0.29) is 16.7 Å². The fraction of sp³-hybridized carbons (Fsp3) is 0.0556. The minimum atomic E-state index is -1.10. The number of hydrogen-bond donors (Lipinski definition) is 2. The molecule has 144 valence electrons. The molecular weight excluding hydrogens is 491 g/mol. The number of benzene rings is 2. The molecule has 0 bridgehead atoms. The van der Waals surface area contributed by atoms with E-state index in [9.17, 15) is 9.59 Å². The number of carbonyl (C=O) groups is 2. The SMILES string of the molecule is O=C(O)COc1ccc(/C=C2\SC(=Nc3ccc(Br)c(Cl)c3)NC2=O)cc1Cl. The monoisotopic (exact) mass is 500 g/mol. The molecule has 0 atom stereocenters. The average Bonchev–Trinajstić information content (AvgIpc) is 2.96. The molecule has 1 aliphatic rings. The number of nitrogens with one attached hydrogen (secondary N) is 1. The summed E-state index contributed by atoms with van der Waals surface area (Å²) in [5.74, 6) is -1.13. The van der Waals surface area contributed by atoms with E-state index in [1.165, 1.54) is 11.8 Å². The molecule has 0 spiro atoms. The third-order valence-corrected chi connectivity index (χ3v) is 5.83. The quantitative estimate of drug-likeness (QED) is 0.555. The Morgan fingerprint density at radius 3 is 2.71 bits per heavy atom. The van der Waals surface area contributed by atoms with Crippen molar-refractivity contribution in [1.82, 2.24) is 5.32 Å². The molecule has 10 heteroatoms. The van der Waals surface area contributed by atoms with Gasteiger partial charge in [-0.1, -0.05) is 29.3 Å². The molecule has 2 aromatic carbocycles. The van der Waals surface area contributed by atoms with Crippen molar-refractivity contribution in [3.8, 4) is 5.75 Å². The Bertz CT molecular complexity index is 1030. The van der Waals surface area contributed by atoms with Gasteiger partial charge in [0.1, 0.15) is 5.75 Å². The van der Waals surface area contributed by atoms with Gasteiger partial charge in [-0.3, -0.25) is 4.79 Å². The molecule has 1 saturated heterocycles. The Hall–Kier alpha value is -2.00. The van der Waals surface area contributed by atoms with Crippen LogP contribution in [0.4, 0.5) is 5.69 Å². The molecule has 0 aliphatic carbocycles. The van der Waals surface area contributed by atoms with Crippen molar-refractivity contribution in [2.75, 3.05) is 6.61 Å². The highest BCUT2D eigenvalue weighted by atomic mass is 79.9. The lowest BCUT2D eigenvalue weighted by molar-refractivity contribution is -0.139. The number of carboxylic acids is 1. The van der Waals surface area contributed by atoms with Gasteiger partial charge in [-0.25, -0.2) is 9.79 Å². The first-order valence-electron chi connectivity index (χ1n) is 7.70. The van der Waals surface area contributed by atoms with E-state index in [1.807, 2.05) is 0 Å². The lowest BCUT2D eigenvalue weighted by Crippen LogP contribution is -2.19. The zero-order chi connectivity index (χ0) is 20.3. The number of aliphatic imine (C=N–C) groups is 1. The molecule has 0 radical (unpaired) electrons. The van der Waals surface area contributed by atoms with Gasteiger partial charge in [0.15, 0.2) is 11.8 Å². The third kappa shape index (κ3) is 5.29. The second kappa shape index (κ2) is 9.00. The van der Waals surface area contributed by atoms with E-state index in [0.29, 0.717) is 26.3 Å². The Kier molecular flexibility index (Phi) is 6.66. The lowest BCUT2D eigenvalue weighted by Gasteiger charge is -2.06. The molecule has 0 saturated carbocycles. The molecule has 1 amide bonds. The first-order chi connectivity index (χ1) is 13.3. The van der Waals surface area contributed by atoms with Crippen molar-refractivity contribution >= 4 is 79.7 Å². The summed E-state index contributed by atoms with van der Waals surface area (Å²) < 4.78 is 5.83. The highest BCUT2D eigenvalue weighted by Gasteiger charge is 2.24. The molecule has 1 aliphatic heterocycles. The highest BCUT2D eigenvalue weighted by molar-refractivity contribution is 9.10. The van der Waals surface area contributed by atoms with Gasteiger partial charge in [-0.15, -0.1) is 0 Å². The summed E-state index contributed by atoms with van der Waals surface area (Å²) in [7, 11) is 0. The number of hydrogen-bond acceptors (Lipinski definition) is 5. The summed E-state index contributed by atoms with van der Waals surface area (Å²) in [5, 5.41) is 12.5. The number of amides is 1. The summed E-state index contributed by atoms with van der Waals surface area (Å²) in [4.78, 5) is 27.6. The van der Waals surface area contributed by atoms with Crippen LogP contribution in [0.25, 0.3) is 6.08 Å². The summed E-state index contributed by atoms with van der Waals surface area (Å²) in [6.45, 7) is -0.488. The van der Waals surface area contributed by atoms with Gasteiger partial charge < -0.3 is 15.2 Å². The van der Waals surface area contributed by atoms with Gasteiger partial charge >= 0.3 is 5.97 Å². The van der Waals surface area contributed by atoms with E-state index < -0.39 is 12.6 Å². The van der Waals surface area contributed by atoms with Crippen LogP contribution in [0.2, 0.25) is 10.0 Å². The van der Waals surface area contributed by atoms with Crippen LogP contribution in [0.1, 0.15) is 5.56 Å². The minimum Gasteiger partial charge on any atom is -0.480 e. The maximum Gasteiger partial charge on any atom is 0.341 e. The molecule has 28 heavy (non-hydrogen) atoms. The van der Waals surface area contributed by atoms with Crippen LogP contribution in [-0.2, 0) is 9.59 Å². The minimum absolute atomic E-state index is 0.248. The zero-order valence-corrected chi connectivity index (χ0v) is 17.8. The van der Waals surface area contributed by atoms with Crippen LogP contribution in [0, 0.1) is 0 Å². The maximum atomic E-state index is 12.2. The Balaban J connectivity index is 1.76.